The third-order valence-electron chi connectivity index (χ3n) is 4.27. The molecule has 1 N–H and O–H groups in total. The zero-order valence-electron chi connectivity index (χ0n) is 16.3. The summed E-state index contributed by atoms with van der Waals surface area (Å²) < 4.78 is 6.54. The molecule has 0 aliphatic carbocycles. The van der Waals surface area contributed by atoms with Crippen LogP contribution in [0.1, 0.15) is 25.8 Å². The number of hydrogen-bond donors (Lipinski definition) is 1. The second-order valence-electron chi connectivity index (χ2n) is 6.32. The number of halogens is 3. The number of carbonyl (C=O) groups is 2. The van der Waals surface area contributed by atoms with Crippen molar-refractivity contribution in [3.05, 3.63) is 62.5 Å². The summed E-state index contributed by atoms with van der Waals surface area (Å²) in [4.78, 5) is 27.1. The normalized spacial score (nSPS) is 11.6. The van der Waals surface area contributed by atoms with Gasteiger partial charge in [0.1, 0.15) is 11.8 Å². The molecule has 0 fully saturated rings. The van der Waals surface area contributed by atoms with Gasteiger partial charge in [-0.25, -0.2) is 0 Å². The maximum Gasteiger partial charge on any atom is 0.261 e. The van der Waals surface area contributed by atoms with E-state index in [9.17, 15) is 9.59 Å². The van der Waals surface area contributed by atoms with E-state index in [-0.39, 0.29) is 25.0 Å². The van der Waals surface area contributed by atoms with Gasteiger partial charge in [0.25, 0.3) is 5.91 Å². The average molecular weight is 502 g/mol. The quantitative estimate of drug-likeness (QED) is 0.521. The molecule has 29 heavy (non-hydrogen) atoms. The van der Waals surface area contributed by atoms with Gasteiger partial charge in [0.05, 0.1) is 0 Å². The van der Waals surface area contributed by atoms with Crippen LogP contribution < -0.4 is 10.1 Å². The molecule has 5 nitrogen and oxygen atoms in total. The third kappa shape index (κ3) is 6.91. The molecule has 2 aromatic carbocycles. The first kappa shape index (κ1) is 23.5. The van der Waals surface area contributed by atoms with E-state index in [1.165, 1.54) is 4.90 Å². The molecule has 0 spiro atoms. The Morgan fingerprint density at radius 3 is 2.41 bits per heavy atom. The van der Waals surface area contributed by atoms with Gasteiger partial charge in [0, 0.05) is 27.6 Å². The van der Waals surface area contributed by atoms with Gasteiger partial charge in [-0.3, -0.25) is 9.59 Å². The Hall–Kier alpha value is -1.76. The Bertz CT molecular complexity index is 846. The molecule has 0 saturated heterocycles. The number of likely N-dealkylation sites (N-methyl/N-ethyl adjacent to an activating group) is 1. The average Bonchev–Trinajstić information content (AvgIpc) is 2.69. The maximum absolute atomic E-state index is 13.0. The van der Waals surface area contributed by atoms with E-state index in [4.69, 9.17) is 27.9 Å². The lowest BCUT2D eigenvalue weighted by molar-refractivity contribution is -0.142. The number of nitrogens with one attached hydrogen (secondary N) is 1. The lowest BCUT2D eigenvalue weighted by atomic mass is 10.1. The van der Waals surface area contributed by atoms with Crippen molar-refractivity contribution in [3.8, 4) is 5.75 Å². The number of rotatable bonds is 9. The van der Waals surface area contributed by atoms with Gasteiger partial charge in [-0.05, 0) is 55.3 Å². The Balaban J connectivity index is 2.22. The fourth-order valence-corrected chi connectivity index (χ4v) is 3.54. The standard InChI is InChI=1S/C21H23BrCl2N2O3/c1-3-19(21(28)25-4-2)26(12-14-5-8-16(23)11-18(14)24)20(27)13-29-17-9-6-15(22)7-10-17/h5-11,19H,3-4,12-13H2,1-2H3,(H,25,28)/t19-/m0/s1. The van der Waals surface area contributed by atoms with Gasteiger partial charge >= 0.3 is 0 Å². The summed E-state index contributed by atoms with van der Waals surface area (Å²) in [5.74, 6) is 0.0474. The van der Waals surface area contributed by atoms with E-state index >= 15 is 0 Å². The SMILES string of the molecule is CCNC(=O)[C@H](CC)N(Cc1ccc(Cl)cc1Cl)C(=O)COc1ccc(Br)cc1. The van der Waals surface area contributed by atoms with E-state index in [1.807, 2.05) is 26.0 Å². The van der Waals surface area contributed by atoms with Crippen LogP contribution in [-0.2, 0) is 16.1 Å². The van der Waals surface area contributed by atoms with Crippen molar-refractivity contribution in [1.29, 1.82) is 0 Å². The number of ether oxygens (including phenoxy) is 1. The van der Waals surface area contributed by atoms with Crippen molar-refractivity contribution < 1.29 is 14.3 Å². The minimum atomic E-state index is -0.636. The molecule has 2 aromatic rings. The second kappa shape index (κ2) is 11.4. The zero-order chi connectivity index (χ0) is 21.4. The first-order valence-corrected chi connectivity index (χ1v) is 10.8. The summed E-state index contributed by atoms with van der Waals surface area (Å²) in [6.07, 6.45) is 0.459. The van der Waals surface area contributed by atoms with Gasteiger partial charge in [-0.2, -0.15) is 0 Å². The van der Waals surface area contributed by atoms with Gasteiger partial charge in [0.2, 0.25) is 5.91 Å². The van der Waals surface area contributed by atoms with Crippen molar-refractivity contribution in [1.82, 2.24) is 10.2 Å². The van der Waals surface area contributed by atoms with E-state index in [1.54, 1.807) is 30.3 Å². The highest BCUT2D eigenvalue weighted by molar-refractivity contribution is 9.10. The van der Waals surface area contributed by atoms with Gasteiger partial charge in [0.15, 0.2) is 6.61 Å². The molecule has 0 aromatic heterocycles. The van der Waals surface area contributed by atoms with Crippen LogP contribution in [0.2, 0.25) is 10.0 Å². The second-order valence-corrected chi connectivity index (χ2v) is 8.08. The predicted octanol–water partition coefficient (Wildman–Crippen LogP) is 5.08. The highest BCUT2D eigenvalue weighted by atomic mass is 79.9. The third-order valence-corrected chi connectivity index (χ3v) is 5.38. The smallest absolute Gasteiger partial charge is 0.261 e. The van der Waals surface area contributed by atoms with E-state index in [0.29, 0.717) is 34.3 Å². The number of nitrogens with zero attached hydrogens (tertiary/aromatic N) is 1. The molecule has 0 saturated carbocycles. The molecule has 2 amide bonds. The minimum absolute atomic E-state index is 0.175. The van der Waals surface area contributed by atoms with Crippen LogP contribution in [0.4, 0.5) is 0 Å². The van der Waals surface area contributed by atoms with Crippen LogP contribution >= 0.6 is 39.1 Å². The van der Waals surface area contributed by atoms with Gasteiger partial charge in [-0.1, -0.05) is 52.1 Å². The molecule has 0 heterocycles. The Morgan fingerprint density at radius 1 is 1.14 bits per heavy atom. The molecule has 8 heteroatoms. The summed E-state index contributed by atoms with van der Waals surface area (Å²) in [6.45, 7) is 4.16. The van der Waals surface area contributed by atoms with Crippen molar-refractivity contribution >= 4 is 50.9 Å². The first-order valence-electron chi connectivity index (χ1n) is 9.25. The van der Waals surface area contributed by atoms with Gasteiger partial charge in [-0.15, -0.1) is 0 Å². The largest absolute Gasteiger partial charge is 0.484 e. The van der Waals surface area contributed by atoms with Crippen molar-refractivity contribution in [3.63, 3.8) is 0 Å². The van der Waals surface area contributed by atoms with Crippen molar-refractivity contribution in [2.24, 2.45) is 0 Å². The monoisotopic (exact) mass is 500 g/mol. The lowest BCUT2D eigenvalue weighted by Crippen LogP contribution is -2.50. The fourth-order valence-electron chi connectivity index (χ4n) is 2.80. The summed E-state index contributed by atoms with van der Waals surface area (Å²) in [7, 11) is 0. The molecule has 2 rings (SSSR count). The molecule has 0 unspecified atom stereocenters. The number of amides is 2. The van der Waals surface area contributed by atoms with E-state index in [0.717, 1.165) is 4.47 Å². The number of benzene rings is 2. The lowest BCUT2D eigenvalue weighted by Gasteiger charge is -2.30. The van der Waals surface area contributed by atoms with Crippen molar-refractivity contribution in [2.45, 2.75) is 32.9 Å². The molecule has 156 valence electrons. The molecule has 0 aliphatic rings. The van der Waals surface area contributed by atoms with Crippen LogP contribution in [0, 0.1) is 0 Å². The number of carbonyl (C=O) groups excluding carboxylic acids is 2. The van der Waals surface area contributed by atoms with Crippen molar-refractivity contribution in [2.75, 3.05) is 13.2 Å². The highest BCUT2D eigenvalue weighted by Crippen LogP contribution is 2.24. The van der Waals surface area contributed by atoms with E-state index < -0.39 is 6.04 Å². The topological polar surface area (TPSA) is 58.6 Å². The number of hydrogen-bond acceptors (Lipinski definition) is 3. The summed E-state index contributed by atoms with van der Waals surface area (Å²) in [5, 5.41) is 3.73. The van der Waals surface area contributed by atoms with Crippen LogP contribution in [0.5, 0.6) is 5.75 Å². The van der Waals surface area contributed by atoms with Gasteiger partial charge < -0.3 is 15.0 Å². The molecular weight excluding hydrogens is 479 g/mol. The summed E-state index contributed by atoms with van der Waals surface area (Å²) in [5.41, 5.74) is 0.704. The first-order chi connectivity index (χ1) is 13.8. The highest BCUT2D eigenvalue weighted by Gasteiger charge is 2.29. The van der Waals surface area contributed by atoms with Crippen LogP contribution in [0.25, 0.3) is 0 Å². The molecule has 0 aliphatic heterocycles. The Kier molecular flexibility index (Phi) is 9.27. The van der Waals surface area contributed by atoms with Crippen LogP contribution in [-0.4, -0.2) is 35.9 Å². The van der Waals surface area contributed by atoms with Crippen LogP contribution in [0.3, 0.4) is 0 Å². The summed E-state index contributed by atoms with van der Waals surface area (Å²) >= 11 is 15.6. The zero-order valence-corrected chi connectivity index (χ0v) is 19.4. The summed E-state index contributed by atoms with van der Waals surface area (Å²) in [6, 6.07) is 11.6. The molecule has 1 atom stereocenters. The molecule has 0 radical (unpaired) electrons. The Labute approximate surface area is 189 Å². The van der Waals surface area contributed by atoms with Crippen LogP contribution in [0.15, 0.2) is 46.9 Å². The van der Waals surface area contributed by atoms with E-state index in [2.05, 4.69) is 21.2 Å². The molecular formula is C21H23BrCl2N2O3. The maximum atomic E-state index is 13.0. The predicted molar refractivity (Wildman–Crippen MR) is 119 cm³/mol. The Morgan fingerprint density at radius 2 is 1.83 bits per heavy atom. The fraction of sp³-hybridized carbons (Fsp3) is 0.333. The molecule has 0 bridgehead atoms. The minimum Gasteiger partial charge on any atom is -0.484 e.